The molecule has 2 aromatic rings. The second-order valence-electron chi connectivity index (χ2n) is 6.29. The highest BCUT2D eigenvalue weighted by molar-refractivity contribution is 5.95. The minimum Gasteiger partial charge on any atom is -0.497 e. The molecule has 6 heteroatoms. The Labute approximate surface area is 152 Å². The normalized spacial score (nSPS) is 14.0. The van der Waals surface area contributed by atoms with Crippen LogP contribution < -0.4 is 15.1 Å². The minimum atomic E-state index is -0.355. The van der Waals surface area contributed by atoms with Gasteiger partial charge in [-0.15, -0.1) is 0 Å². The summed E-state index contributed by atoms with van der Waals surface area (Å²) in [5.41, 5.74) is 5.08. The molecule has 0 aromatic heterocycles. The first kappa shape index (κ1) is 17.9. The van der Waals surface area contributed by atoms with Crippen LogP contribution in [-0.4, -0.2) is 32.3 Å². The summed E-state index contributed by atoms with van der Waals surface area (Å²) in [6.07, 6.45) is 3.65. The van der Waals surface area contributed by atoms with E-state index in [0.29, 0.717) is 22.6 Å². The molecule has 1 amide bonds. The Morgan fingerprint density at radius 2 is 2.04 bits per heavy atom. The highest BCUT2D eigenvalue weighted by Crippen LogP contribution is 2.26. The minimum absolute atomic E-state index is 0.266. The van der Waals surface area contributed by atoms with E-state index in [0.717, 1.165) is 31.5 Å². The van der Waals surface area contributed by atoms with Gasteiger partial charge in [0.1, 0.15) is 11.6 Å². The molecule has 1 heterocycles. The number of ether oxygens (including phenoxy) is 1. The lowest BCUT2D eigenvalue weighted by atomic mass is 10.1. The van der Waals surface area contributed by atoms with Gasteiger partial charge in [0.05, 0.1) is 19.0 Å². The van der Waals surface area contributed by atoms with Crippen molar-refractivity contribution in [1.82, 2.24) is 5.43 Å². The molecule has 0 spiro atoms. The number of hydrazone groups is 1. The van der Waals surface area contributed by atoms with E-state index in [2.05, 4.69) is 15.4 Å². The third-order valence-electron chi connectivity index (χ3n) is 4.48. The Morgan fingerprint density at radius 3 is 2.77 bits per heavy atom. The number of anilines is 1. The highest BCUT2D eigenvalue weighted by atomic mass is 19.1. The molecule has 3 rings (SSSR count). The van der Waals surface area contributed by atoms with Gasteiger partial charge in [0.15, 0.2) is 0 Å². The number of carbonyl (C=O) groups is 1. The molecule has 0 unspecified atom stereocenters. The number of rotatable bonds is 5. The topological polar surface area (TPSA) is 53.9 Å². The molecule has 1 aliphatic rings. The fourth-order valence-electron chi connectivity index (χ4n) is 3.01. The van der Waals surface area contributed by atoms with Crippen molar-refractivity contribution in [3.8, 4) is 5.75 Å². The van der Waals surface area contributed by atoms with Crippen LogP contribution in [0.25, 0.3) is 0 Å². The number of hydrogen-bond donors (Lipinski definition) is 1. The van der Waals surface area contributed by atoms with E-state index < -0.39 is 0 Å². The molecule has 26 heavy (non-hydrogen) atoms. The van der Waals surface area contributed by atoms with Gasteiger partial charge in [0, 0.05) is 24.2 Å². The van der Waals surface area contributed by atoms with Gasteiger partial charge in [-0.25, -0.2) is 9.82 Å². The standard InChI is InChI=1S/C20H22FN3O2/c1-14-10-19(24-8-3-4-9-24)18(21)12-16(14)13-22-23-20(25)15-6-5-7-17(11-15)26-2/h5-7,10-13H,3-4,8-9H2,1-2H3,(H,23,25). The Morgan fingerprint density at radius 1 is 1.27 bits per heavy atom. The molecule has 1 fully saturated rings. The number of nitrogens with zero attached hydrogens (tertiary/aromatic N) is 2. The first-order chi connectivity index (χ1) is 12.6. The SMILES string of the molecule is COc1cccc(C(=O)NN=Cc2cc(F)c(N3CCCC3)cc2C)c1. The van der Waals surface area contributed by atoms with Crippen molar-refractivity contribution in [3.05, 3.63) is 58.9 Å². The average molecular weight is 355 g/mol. The van der Waals surface area contributed by atoms with E-state index in [1.807, 2.05) is 13.0 Å². The van der Waals surface area contributed by atoms with Crippen molar-refractivity contribution in [2.75, 3.05) is 25.1 Å². The highest BCUT2D eigenvalue weighted by Gasteiger charge is 2.17. The van der Waals surface area contributed by atoms with Crippen LogP contribution in [0.1, 0.15) is 34.3 Å². The molecule has 0 radical (unpaired) electrons. The second-order valence-corrected chi connectivity index (χ2v) is 6.29. The van der Waals surface area contributed by atoms with Crippen LogP contribution in [-0.2, 0) is 0 Å². The van der Waals surface area contributed by atoms with Crippen LogP contribution in [0.5, 0.6) is 5.75 Å². The number of amides is 1. The van der Waals surface area contributed by atoms with Crippen LogP contribution in [0.2, 0.25) is 0 Å². The smallest absolute Gasteiger partial charge is 0.271 e. The molecule has 0 bridgehead atoms. The summed E-state index contributed by atoms with van der Waals surface area (Å²) in [7, 11) is 1.54. The predicted octanol–water partition coefficient (Wildman–Crippen LogP) is 3.51. The third kappa shape index (κ3) is 4.02. The number of aryl methyl sites for hydroxylation is 1. The monoisotopic (exact) mass is 355 g/mol. The maximum Gasteiger partial charge on any atom is 0.271 e. The lowest BCUT2D eigenvalue weighted by Crippen LogP contribution is -2.19. The lowest BCUT2D eigenvalue weighted by molar-refractivity contribution is 0.0955. The number of carbonyl (C=O) groups excluding carboxylic acids is 1. The van der Waals surface area contributed by atoms with Crippen molar-refractivity contribution < 1.29 is 13.9 Å². The van der Waals surface area contributed by atoms with Gasteiger partial charge in [-0.05, 0) is 55.7 Å². The molecule has 1 aliphatic heterocycles. The van der Waals surface area contributed by atoms with Crippen molar-refractivity contribution in [2.24, 2.45) is 5.10 Å². The summed E-state index contributed by atoms with van der Waals surface area (Å²) < 4.78 is 19.5. The zero-order valence-corrected chi connectivity index (χ0v) is 15.0. The van der Waals surface area contributed by atoms with E-state index in [1.54, 1.807) is 24.3 Å². The van der Waals surface area contributed by atoms with Crippen molar-refractivity contribution >= 4 is 17.8 Å². The maximum atomic E-state index is 14.4. The van der Waals surface area contributed by atoms with E-state index in [9.17, 15) is 9.18 Å². The second kappa shape index (κ2) is 7.99. The summed E-state index contributed by atoms with van der Waals surface area (Å²) >= 11 is 0. The predicted molar refractivity (Wildman–Crippen MR) is 101 cm³/mol. The fourth-order valence-corrected chi connectivity index (χ4v) is 3.01. The van der Waals surface area contributed by atoms with E-state index in [1.165, 1.54) is 19.4 Å². The average Bonchev–Trinajstić information content (AvgIpc) is 3.18. The first-order valence-corrected chi connectivity index (χ1v) is 8.61. The van der Waals surface area contributed by atoms with Gasteiger partial charge in [-0.2, -0.15) is 5.10 Å². The molecular weight excluding hydrogens is 333 g/mol. The Balaban J connectivity index is 1.70. The Hall–Kier alpha value is -2.89. The zero-order valence-electron chi connectivity index (χ0n) is 15.0. The maximum absolute atomic E-state index is 14.4. The summed E-state index contributed by atoms with van der Waals surface area (Å²) in [4.78, 5) is 14.2. The van der Waals surface area contributed by atoms with Crippen molar-refractivity contribution in [2.45, 2.75) is 19.8 Å². The molecule has 0 aliphatic carbocycles. The molecule has 1 N–H and O–H groups in total. The van der Waals surface area contributed by atoms with E-state index in [4.69, 9.17) is 4.74 Å². The molecule has 0 atom stereocenters. The number of benzene rings is 2. The quantitative estimate of drug-likeness (QED) is 0.660. The summed E-state index contributed by atoms with van der Waals surface area (Å²) in [5, 5.41) is 3.96. The number of hydrogen-bond acceptors (Lipinski definition) is 4. The lowest BCUT2D eigenvalue weighted by Gasteiger charge is -2.19. The van der Waals surface area contributed by atoms with Gasteiger partial charge >= 0.3 is 0 Å². The van der Waals surface area contributed by atoms with Crippen LogP contribution >= 0.6 is 0 Å². The van der Waals surface area contributed by atoms with E-state index in [-0.39, 0.29) is 11.7 Å². The van der Waals surface area contributed by atoms with Crippen molar-refractivity contribution in [1.29, 1.82) is 0 Å². The molecular formula is C20H22FN3O2. The summed E-state index contributed by atoms with van der Waals surface area (Å²) in [5.74, 6) is -0.0259. The van der Waals surface area contributed by atoms with Gasteiger partial charge in [0.2, 0.25) is 0 Å². The molecule has 0 saturated carbocycles. The third-order valence-corrected chi connectivity index (χ3v) is 4.48. The molecule has 2 aromatic carbocycles. The summed E-state index contributed by atoms with van der Waals surface area (Å²) in [6.45, 7) is 3.69. The Bertz CT molecular complexity index is 830. The van der Waals surface area contributed by atoms with Gasteiger partial charge in [0.25, 0.3) is 5.91 Å². The molecule has 136 valence electrons. The zero-order chi connectivity index (χ0) is 18.5. The van der Waals surface area contributed by atoms with Crippen LogP contribution in [0.15, 0.2) is 41.5 Å². The fraction of sp³-hybridized carbons (Fsp3) is 0.300. The van der Waals surface area contributed by atoms with E-state index >= 15 is 0 Å². The molecule has 1 saturated heterocycles. The number of halogens is 1. The number of methoxy groups -OCH3 is 1. The van der Waals surface area contributed by atoms with Crippen molar-refractivity contribution in [3.63, 3.8) is 0 Å². The first-order valence-electron chi connectivity index (χ1n) is 8.61. The number of nitrogens with one attached hydrogen (secondary N) is 1. The Kier molecular flexibility index (Phi) is 5.51. The summed E-state index contributed by atoms with van der Waals surface area (Å²) in [6, 6.07) is 10.1. The van der Waals surface area contributed by atoms with Crippen LogP contribution in [0.3, 0.4) is 0 Å². The van der Waals surface area contributed by atoms with Gasteiger partial charge in [-0.1, -0.05) is 6.07 Å². The van der Waals surface area contributed by atoms with Gasteiger partial charge < -0.3 is 9.64 Å². The largest absolute Gasteiger partial charge is 0.497 e. The van der Waals surface area contributed by atoms with Crippen LogP contribution in [0.4, 0.5) is 10.1 Å². The molecule has 5 nitrogen and oxygen atoms in total. The van der Waals surface area contributed by atoms with Gasteiger partial charge in [-0.3, -0.25) is 4.79 Å². The van der Waals surface area contributed by atoms with Crippen LogP contribution in [0, 0.1) is 12.7 Å².